The molecule has 0 bridgehead atoms. The zero-order valence-electron chi connectivity index (χ0n) is 14.3. The van der Waals surface area contributed by atoms with Gasteiger partial charge in [0.1, 0.15) is 5.75 Å². The molecule has 0 aliphatic heterocycles. The number of carbonyl (C=O) groups excluding carboxylic acids is 1. The maximum Gasteiger partial charge on any atom is 0.271 e. The predicted molar refractivity (Wildman–Crippen MR) is 101 cm³/mol. The summed E-state index contributed by atoms with van der Waals surface area (Å²) in [4.78, 5) is 11.9. The Hall–Kier alpha value is -3.60. The Balaban J connectivity index is 1.68. The lowest BCUT2D eigenvalue weighted by Gasteiger charge is -2.10. The van der Waals surface area contributed by atoms with Gasteiger partial charge in [-0.15, -0.1) is 0 Å². The van der Waals surface area contributed by atoms with Crippen LogP contribution in [0.5, 0.6) is 17.2 Å². The van der Waals surface area contributed by atoms with E-state index < -0.39 is 0 Å². The molecule has 0 aliphatic rings. The molecule has 0 aromatic heterocycles. The highest BCUT2D eigenvalue weighted by molar-refractivity contribution is 5.94. The zero-order valence-corrected chi connectivity index (χ0v) is 14.3. The van der Waals surface area contributed by atoms with E-state index in [9.17, 15) is 4.79 Å². The lowest BCUT2D eigenvalue weighted by Crippen LogP contribution is -2.17. The van der Waals surface area contributed by atoms with E-state index in [0.717, 1.165) is 11.3 Å². The van der Waals surface area contributed by atoms with Crippen molar-refractivity contribution in [2.75, 3.05) is 7.11 Å². The van der Waals surface area contributed by atoms with Crippen LogP contribution in [-0.2, 0) is 0 Å². The summed E-state index contributed by atoms with van der Waals surface area (Å²) >= 11 is 0. The zero-order chi connectivity index (χ0) is 18.2. The molecule has 0 atom stereocenters. The molecule has 5 nitrogen and oxygen atoms in total. The van der Waals surface area contributed by atoms with Gasteiger partial charge in [0, 0.05) is 5.56 Å². The second-order valence-electron chi connectivity index (χ2n) is 5.39. The van der Waals surface area contributed by atoms with Crippen LogP contribution in [0.3, 0.4) is 0 Å². The first-order valence-corrected chi connectivity index (χ1v) is 8.05. The van der Waals surface area contributed by atoms with Crippen LogP contribution in [-0.4, -0.2) is 19.2 Å². The van der Waals surface area contributed by atoms with Gasteiger partial charge in [-0.2, -0.15) is 5.10 Å². The van der Waals surface area contributed by atoms with Crippen molar-refractivity contribution in [3.63, 3.8) is 0 Å². The molecule has 0 heterocycles. The Kier molecular flexibility index (Phi) is 5.62. The third-order valence-corrected chi connectivity index (χ3v) is 3.57. The van der Waals surface area contributed by atoms with Gasteiger partial charge < -0.3 is 9.47 Å². The normalized spacial score (nSPS) is 10.5. The molecule has 5 heteroatoms. The van der Waals surface area contributed by atoms with E-state index >= 15 is 0 Å². The molecule has 0 aliphatic carbocycles. The fraction of sp³-hybridized carbons (Fsp3) is 0.0476. The van der Waals surface area contributed by atoms with Crippen molar-refractivity contribution in [3.8, 4) is 17.2 Å². The van der Waals surface area contributed by atoms with Crippen LogP contribution in [0.1, 0.15) is 15.9 Å². The fourth-order valence-corrected chi connectivity index (χ4v) is 2.28. The van der Waals surface area contributed by atoms with Gasteiger partial charge in [-0.05, 0) is 48.0 Å². The minimum atomic E-state index is -0.266. The first-order valence-electron chi connectivity index (χ1n) is 8.05. The molecule has 0 unspecified atom stereocenters. The van der Waals surface area contributed by atoms with Gasteiger partial charge >= 0.3 is 0 Å². The van der Waals surface area contributed by atoms with Gasteiger partial charge in [0.2, 0.25) is 0 Å². The van der Waals surface area contributed by atoms with E-state index in [-0.39, 0.29) is 5.91 Å². The lowest BCUT2D eigenvalue weighted by atomic mass is 10.2. The van der Waals surface area contributed by atoms with Gasteiger partial charge in [-0.3, -0.25) is 4.79 Å². The average molecular weight is 346 g/mol. The smallest absolute Gasteiger partial charge is 0.271 e. The van der Waals surface area contributed by atoms with E-state index in [1.54, 1.807) is 49.7 Å². The number of hydrogen-bond acceptors (Lipinski definition) is 4. The van der Waals surface area contributed by atoms with Crippen molar-refractivity contribution in [2.45, 2.75) is 0 Å². The number of nitrogens with zero attached hydrogens (tertiary/aromatic N) is 1. The number of benzene rings is 3. The topological polar surface area (TPSA) is 59.9 Å². The van der Waals surface area contributed by atoms with Crippen LogP contribution in [0.4, 0.5) is 0 Å². The van der Waals surface area contributed by atoms with Crippen molar-refractivity contribution in [1.82, 2.24) is 5.43 Å². The van der Waals surface area contributed by atoms with Gasteiger partial charge in [0.05, 0.1) is 13.3 Å². The minimum absolute atomic E-state index is 0.266. The summed E-state index contributed by atoms with van der Waals surface area (Å²) in [7, 11) is 1.57. The van der Waals surface area contributed by atoms with Crippen molar-refractivity contribution in [2.24, 2.45) is 5.10 Å². The standard InChI is InChI=1S/C21H18N2O3/c1-25-20-14-16(12-13-19(20)26-18-10-6-3-7-11-18)15-22-23-21(24)17-8-4-2-5-9-17/h2-15H,1H3,(H,23,24)/b22-15+. The molecule has 0 saturated heterocycles. The monoisotopic (exact) mass is 346 g/mol. The molecule has 26 heavy (non-hydrogen) atoms. The number of methoxy groups -OCH3 is 1. The SMILES string of the molecule is COc1cc(/C=N/NC(=O)c2ccccc2)ccc1Oc1ccccc1. The molecular formula is C21H18N2O3. The van der Waals surface area contributed by atoms with Gasteiger partial charge in [0.25, 0.3) is 5.91 Å². The van der Waals surface area contributed by atoms with Crippen LogP contribution >= 0.6 is 0 Å². The summed E-state index contributed by atoms with van der Waals surface area (Å²) in [6.07, 6.45) is 1.55. The number of hydrazone groups is 1. The lowest BCUT2D eigenvalue weighted by molar-refractivity contribution is 0.0955. The third-order valence-electron chi connectivity index (χ3n) is 3.57. The molecule has 3 rings (SSSR count). The molecule has 3 aromatic carbocycles. The van der Waals surface area contributed by atoms with Gasteiger partial charge in [0.15, 0.2) is 11.5 Å². The molecule has 0 saturated carbocycles. The Morgan fingerprint density at radius 3 is 2.31 bits per heavy atom. The van der Waals surface area contributed by atoms with Crippen LogP contribution in [0.15, 0.2) is 84.0 Å². The molecule has 0 radical (unpaired) electrons. The number of para-hydroxylation sites is 1. The maximum absolute atomic E-state index is 11.9. The van der Waals surface area contributed by atoms with Crippen molar-refractivity contribution < 1.29 is 14.3 Å². The van der Waals surface area contributed by atoms with E-state index in [0.29, 0.717) is 17.1 Å². The van der Waals surface area contributed by atoms with Crippen LogP contribution in [0, 0.1) is 0 Å². The minimum Gasteiger partial charge on any atom is -0.493 e. The Morgan fingerprint density at radius 2 is 1.62 bits per heavy atom. The molecule has 0 spiro atoms. The first-order chi connectivity index (χ1) is 12.8. The molecule has 1 amide bonds. The number of amides is 1. The van der Waals surface area contributed by atoms with Gasteiger partial charge in [-0.25, -0.2) is 5.43 Å². The van der Waals surface area contributed by atoms with Crippen molar-refractivity contribution in [3.05, 3.63) is 90.0 Å². The number of nitrogens with one attached hydrogen (secondary N) is 1. The quantitative estimate of drug-likeness (QED) is 0.536. The number of ether oxygens (including phenoxy) is 2. The largest absolute Gasteiger partial charge is 0.493 e. The van der Waals surface area contributed by atoms with E-state index in [1.165, 1.54) is 0 Å². The van der Waals surface area contributed by atoms with Crippen LogP contribution < -0.4 is 14.9 Å². The van der Waals surface area contributed by atoms with Crippen LogP contribution in [0.25, 0.3) is 0 Å². The second-order valence-corrected chi connectivity index (χ2v) is 5.39. The highest BCUT2D eigenvalue weighted by Crippen LogP contribution is 2.31. The number of carbonyl (C=O) groups is 1. The predicted octanol–water partition coefficient (Wildman–Crippen LogP) is 4.25. The highest BCUT2D eigenvalue weighted by atomic mass is 16.5. The molecular weight excluding hydrogens is 328 g/mol. The Labute approximate surface area is 151 Å². The van der Waals surface area contributed by atoms with E-state index in [4.69, 9.17) is 9.47 Å². The summed E-state index contributed by atoms with van der Waals surface area (Å²) in [6.45, 7) is 0. The van der Waals surface area contributed by atoms with E-state index in [2.05, 4.69) is 10.5 Å². The van der Waals surface area contributed by atoms with E-state index in [1.807, 2.05) is 42.5 Å². The third kappa shape index (κ3) is 4.48. The summed E-state index contributed by atoms with van der Waals surface area (Å²) in [5, 5.41) is 3.99. The summed E-state index contributed by atoms with van der Waals surface area (Å²) in [5.41, 5.74) is 3.82. The fourth-order valence-electron chi connectivity index (χ4n) is 2.28. The summed E-state index contributed by atoms with van der Waals surface area (Å²) in [5.74, 6) is 1.64. The second kappa shape index (κ2) is 8.48. The van der Waals surface area contributed by atoms with Crippen LogP contribution in [0.2, 0.25) is 0 Å². The molecule has 130 valence electrons. The molecule has 0 fully saturated rings. The summed E-state index contributed by atoms with van der Waals surface area (Å²) < 4.78 is 11.2. The summed E-state index contributed by atoms with van der Waals surface area (Å²) in [6, 6.07) is 23.8. The van der Waals surface area contributed by atoms with Crippen molar-refractivity contribution in [1.29, 1.82) is 0 Å². The number of rotatable bonds is 6. The highest BCUT2D eigenvalue weighted by Gasteiger charge is 2.07. The van der Waals surface area contributed by atoms with Crippen molar-refractivity contribution >= 4 is 12.1 Å². The Bertz CT molecular complexity index is 894. The maximum atomic E-state index is 11.9. The number of hydrogen-bond donors (Lipinski definition) is 1. The Morgan fingerprint density at radius 1 is 0.923 bits per heavy atom. The molecule has 1 N–H and O–H groups in total. The first kappa shape index (κ1) is 17.2. The van der Waals surface area contributed by atoms with Gasteiger partial charge in [-0.1, -0.05) is 36.4 Å². The molecule has 3 aromatic rings. The average Bonchev–Trinajstić information content (AvgIpc) is 2.70.